The van der Waals surface area contributed by atoms with Crippen LogP contribution in [0.2, 0.25) is 0 Å². The van der Waals surface area contributed by atoms with Gasteiger partial charge in [-0.2, -0.15) is 0 Å². The van der Waals surface area contributed by atoms with Crippen LogP contribution in [0, 0.1) is 0 Å². The highest BCUT2D eigenvalue weighted by Gasteiger charge is 1.82. The molecular formula is C14H34N2O4. The molecule has 0 aromatic heterocycles. The van der Waals surface area contributed by atoms with Gasteiger partial charge < -0.3 is 20.1 Å². The van der Waals surface area contributed by atoms with E-state index < -0.39 is 0 Å². The Morgan fingerprint density at radius 1 is 0.750 bits per heavy atom. The average molecular weight is 294 g/mol. The molecule has 0 saturated heterocycles. The van der Waals surface area contributed by atoms with Crippen molar-refractivity contribution in [3.05, 3.63) is 0 Å². The third-order valence-electron chi connectivity index (χ3n) is 1.40. The lowest BCUT2D eigenvalue weighted by Gasteiger charge is -1.89. The second kappa shape index (κ2) is 30.7. The van der Waals surface area contributed by atoms with Gasteiger partial charge in [0.1, 0.15) is 0 Å². The van der Waals surface area contributed by atoms with Crippen LogP contribution in [0.4, 0.5) is 0 Å². The van der Waals surface area contributed by atoms with Crippen molar-refractivity contribution in [2.75, 3.05) is 40.4 Å². The van der Waals surface area contributed by atoms with Gasteiger partial charge in [-0.1, -0.05) is 13.8 Å². The van der Waals surface area contributed by atoms with Crippen molar-refractivity contribution >= 4 is 11.9 Å². The summed E-state index contributed by atoms with van der Waals surface area (Å²) in [4.78, 5) is 19.6. The number of nitrogens with one attached hydrogen (secondary N) is 2. The second-order valence-electron chi connectivity index (χ2n) is 3.26. The molecule has 0 bridgehead atoms. The molecule has 0 atom stereocenters. The van der Waals surface area contributed by atoms with Gasteiger partial charge >= 0.3 is 11.9 Å². The summed E-state index contributed by atoms with van der Waals surface area (Å²) in [6.45, 7) is 13.6. The average Bonchev–Trinajstić information content (AvgIpc) is 2.39. The van der Waals surface area contributed by atoms with E-state index >= 15 is 0 Å². The lowest BCUT2D eigenvalue weighted by atomic mass is 10.8. The summed E-state index contributed by atoms with van der Waals surface area (Å²) in [5, 5.41) is 5.86. The van der Waals surface area contributed by atoms with Crippen molar-refractivity contribution in [3.8, 4) is 0 Å². The highest BCUT2D eigenvalue weighted by Crippen LogP contribution is 1.70. The Labute approximate surface area is 124 Å². The zero-order valence-electron chi connectivity index (χ0n) is 14.5. The van der Waals surface area contributed by atoms with Crippen molar-refractivity contribution in [2.24, 2.45) is 0 Å². The van der Waals surface area contributed by atoms with E-state index in [1.54, 1.807) is 13.8 Å². The Balaban J connectivity index is -0.0000000871. The number of rotatable bonds is 4. The van der Waals surface area contributed by atoms with Crippen molar-refractivity contribution in [3.63, 3.8) is 0 Å². The van der Waals surface area contributed by atoms with Crippen molar-refractivity contribution in [1.29, 1.82) is 0 Å². The van der Waals surface area contributed by atoms with Crippen LogP contribution in [-0.4, -0.2) is 52.3 Å². The predicted molar refractivity (Wildman–Crippen MR) is 83.8 cm³/mol. The molecule has 0 rings (SSSR count). The van der Waals surface area contributed by atoms with Gasteiger partial charge in [0.15, 0.2) is 0 Å². The molecule has 0 radical (unpaired) electrons. The van der Waals surface area contributed by atoms with Crippen LogP contribution in [-0.2, 0) is 19.1 Å². The van der Waals surface area contributed by atoms with Crippen LogP contribution in [0.25, 0.3) is 0 Å². The Hall–Kier alpha value is -1.14. The second-order valence-corrected chi connectivity index (χ2v) is 3.26. The first-order valence-corrected chi connectivity index (χ1v) is 6.93. The SMILES string of the molecule is CCNC.CCNC.CCOC(C)=O.CCOC(C)=O. The molecule has 0 saturated carbocycles. The van der Waals surface area contributed by atoms with Crippen LogP contribution in [0.1, 0.15) is 41.5 Å². The number of esters is 2. The Bertz CT molecular complexity index is 164. The lowest BCUT2D eigenvalue weighted by Crippen LogP contribution is -2.01. The maximum atomic E-state index is 9.82. The van der Waals surface area contributed by atoms with Crippen LogP contribution in [0.3, 0.4) is 0 Å². The van der Waals surface area contributed by atoms with E-state index in [0.717, 1.165) is 13.1 Å². The molecule has 124 valence electrons. The number of hydrogen-bond donors (Lipinski definition) is 2. The van der Waals surface area contributed by atoms with Crippen LogP contribution in [0.15, 0.2) is 0 Å². The molecule has 0 fully saturated rings. The molecule has 6 nitrogen and oxygen atoms in total. The van der Waals surface area contributed by atoms with Gasteiger partial charge in [0.2, 0.25) is 0 Å². The van der Waals surface area contributed by atoms with Gasteiger partial charge in [-0.25, -0.2) is 0 Å². The van der Waals surface area contributed by atoms with Crippen LogP contribution >= 0.6 is 0 Å². The van der Waals surface area contributed by atoms with E-state index in [2.05, 4.69) is 34.0 Å². The third-order valence-corrected chi connectivity index (χ3v) is 1.40. The van der Waals surface area contributed by atoms with Gasteiger partial charge in [0.25, 0.3) is 0 Å². The van der Waals surface area contributed by atoms with Gasteiger partial charge in [-0.3, -0.25) is 9.59 Å². The van der Waals surface area contributed by atoms with Crippen molar-refractivity contribution < 1.29 is 19.1 Å². The van der Waals surface area contributed by atoms with E-state index in [1.807, 2.05) is 14.1 Å². The molecule has 2 N–H and O–H groups in total. The lowest BCUT2D eigenvalue weighted by molar-refractivity contribution is -0.141. The first kappa shape index (κ1) is 27.2. The van der Waals surface area contributed by atoms with Gasteiger partial charge in [0.05, 0.1) is 13.2 Å². The summed E-state index contributed by atoms with van der Waals surface area (Å²) in [7, 11) is 3.86. The van der Waals surface area contributed by atoms with Crippen molar-refractivity contribution in [2.45, 2.75) is 41.5 Å². The molecule has 0 unspecified atom stereocenters. The number of ether oxygens (including phenoxy) is 2. The summed E-state index contributed by atoms with van der Waals surface area (Å²) in [6.07, 6.45) is 0. The fourth-order valence-electron chi connectivity index (χ4n) is 0.407. The van der Waals surface area contributed by atoms with Crippen LogP contribution in [0.5, 0.6) is 0 Å². The number of carbonyl (C=O) groups excluding carboxylic acids is 2. The minimum absolute atomic E-state index is 0.211. The summed E-state index contributed by atoms with van der Waals surface area (Å²) in [5.74, 6) is -0.421. The van der Waals surface area contributed by atoms with E-state index in [1.165, 1.54) is 13.8 Å². The molecule has 0 aliphatic rings. The van der Waals surface area contributed by atoms with Gasteiger partial charge in [-0.15, -0.1) is 0 Å². The Morgan fingerprint density at radius 2 is 0.950 bits per heavy atom. The minimum Gasteiger partial charge on any atom is -0.466 e. The highest BCUT2D eigenvalue weighted by atomic mass is 16.5. The first-order chi connectivity index (χ1) is 9.37. The molecule has 0 spiro atoms. The molecule has 0 aliphatic carbocycles. The molecule has 6 heteroatoms. The monoisotopic (exact) mass is 294 g/mol. The number of carbonyl (C=O) groups is 2. The maximum Gasteiger partial charge on any atom is 0.302 e. The molecule has 20 heavy (non-hydrogen) atoms. The third kappa shape index (κ3) is 90.1. The van der Waals surface area contributed by atoms with E-state index in [9.17, 15) is 9.59 Å². The van der Waals surface area contributed by atoms with E-state index in [-0.39, 0.29) is 11.9 Å². The molecule has 0 heterocycles. The van der Waals surface area contributed by atoms with E-state index in [0.29, 0.717) is 13.2 Å². The molecule has 0 amide bonds. The van der Waals surface area contributed by atoms with E-state index in [4.69, 9.17) is 0 Å². The molecule has 0 aliphatic heterocycles. The molecule has 0 aromatic rings. The zero-order chi connectivity index (χ0) is 16.8. The predicted octanol–water partition coefficient (Wildman–Crippen LogP) is 1.59. The topological polar surface area (TPSA) is 76.7 Å². The minimum atomic E-state index is -0.211. The number of hydrogen-bond acceptors (Lipinski definition) is 6. The summed E-state index contributed by atoms with van der Waals surface area (Å²) >= 11 is 0. The van der Waals surface area contributed by atoms with Gasteiger partial charge in [-0.05, 0) is 41.0 Å². The fraction of sp³-hybridized carbons (Fsp3) is 0.857. The van der Waals surface area contributed by atoms with Crippen molar-refractivity contribution in [1.82, 2.24) is 10.6 Å². The highest BCUT2D eigenvalue weighted by molar-refractivity contribution is 5.66. The van der Waals surface area contributed by atoms with Crippen LogP contribution < -0.4 is 10.6 Å². The quantitative estimate of drug-likeness (QED) is 0.767. The maximum absolute atomic E-state index is 9.82. The summed E-state index contributed by atoms with van der Waals surface area (Å²) < 4.78 is 8.81. The summed E-state index contributed by atoms with van der Waals surface area (Å²) in [5.41, 5.74) is 0. The molecular weight excluding hydrogens is 260 g/mol. The summed E-state index contributed by atoms with van der Waals surface area (Å²) in [6, 6.07) is 0. The standard InChI is InChI=1S/2C4H8O2.2C3H9N/c2*1-3-6-4(2)5;2*1-3-4-2/h2*3H2,1-2H3;2*4H,3H2,1-2H3. The Morgan fingerprint density at radius 3 is 0.950 bits per heavy atom. The zero-order valence-corrected chi connectivity index (χ0v) is 14.5. The normalized spacial score (nSPS) is 7.60. The fourth-order valence-corrected chi connectivity index (χ4v) is 0.407. The first-order valence-electron chi connectivity index (χ1n) is 6.93. The smallest absolute Gasteiger partial charge is 0.302 e. The Kier molecular flexibility index (Phi) is 41.8. The molecule has 0 aromatic carbocycles. The largest absolute Gasteiger partial charge is 0.466 e. The van der Waals surface area contributed by atoms with Gasteiger partial charge in [0, 0.05) is 13.8 Å².